The molecule has 0 spiro atoms. The number of nitrogens with zero attached hydrogens (tertiary/aromatic N) is 4. The average molecular weight is 162 g/mol. The second-order valence-corrected chi connectivity index (χ2v) is 2.75. The van der Waals surface area contributed by atoms with Crippen LogP contribution in [0.15, 0.2) is 12.2 Å². The van der Waals surface area contributed by atoms with Crippen LogP contribution in [0.25, 0.3) is 0 Å². The van der Waals surface area contributed by atoms with Gasteiger partial charge in [-0.15, -0.1) is 5.10 Å². The number of aromatic nitrogens is 3. The quantitative estimate of drug-likeness (QED) is 0.610. The Balaban J connectivity index is 2.96. The van der Waals surface area contributed by atoms with Crippen molar-refractivity contribution in [2.45, 2.75) is 20.4 Å². The first-order chi connectivity index (χ1) is 5.65. The topological polar surface area (TPSA) is 54.5 Å². The van der Waals surface area contributed by atoms with Gasteiger partial charge in [0, 0.05) is 0 Å². The predicted octanol–water partition coefficient (Wildman–Crippen LogP) is 1.03. The second kappa shape index (κ2) is 3.18. The molecule has 0 aliphatic heterocycles. The number of hydrogen-bond acceptors (Lipinski definition) is 3. The van der Waals surface area contributed by atoms with Gasteiger partial charge in [0.2, 0.25) is 0 Å². The first-order valence-corrected chi connectivity index (χ1v) is 3.59. The molecule has 0 radical (unpaired) electrons. The van der Waals surface area contributed by atoms with Crippen LogP contribution < -0.4 is 0 Å². The Bertz CT molecular complexity index is 342. The first-order valence-electron chi connectivity index (χ1n) is 3.59. The van der Waals surface area contributed by atoms with Gasteiger partial charge in [-0.3, -0.25) is 0 Å². The molecule has 0 amide bonds. The summed E-state index contributed by atoms with van der Waals surface area (Å²) in [7, 11) is 0. The van der Waals surface area contributed by atoms with Gasteiger partial charge in [0.15, 0.2) is 5.69 Å². The summed E-state index contributed by atoms with van der Waals surface area (Å²) >= 11 is 0. The zero-order valence-electron chi connectivity index (χ0n) is 7.20. The molecule has 0 atom stereocenters. The van der Waals surface area contributed by atoms with Gasteiger partial charge in [0.1, 0.15) is 6.07 Å². The zero-order valence-corrected chi connectivity index (χ0v) is 7.20. The van der Waals surface area contributed by atoms with Crippen molar-refractivity contribution in [3.8, 4) is 6.07 Å². The molecule has 1 aromatic heterocycles. The van der Waals surface area contributed by atoms with Crippen molar-refractivity contribution >= 4 is 0 Å². The van der Waals surface area contributed by atoms with E-state index in [4.69, 9.17) is 5.26 Å². The third kappa shape index (κ3) is 1.51. The number of rotatable bonds is 2. The molecule has 0 saturated carbocycles. The summed E-state index contributed by atoms with van der Waals surface area (Å²) in [4.78, 5) is 0. The van der Waals surface area contributed by atoms with E-state index in [-0.39, 0.29) is 0 Å². The summed E-state index contributed by atoms with van der Waals surface area (Å²) in [5, 5.41) is 16.1. The average Bonchev–Trinajstić information content (AvgIpc) is 2.32. The molecule has 0 saturated heterocycles. The van der Waals surface area contributed by atoms with Gasteiger partial charge in [0.25, 0.3) is 0 Å². The van der Waals surface area contributed by atoms with Crippen LogP contribution in [0.1, 0.15) is 18.3 Å². The lowest BCUT2D eigenvalue weighted by atomic mass is 10.3. The maximum Gasteiger partial charge on any atom is 0.185 e. The molecule has 1 aromatic rings. The first kappa shape index (κ1) is 8.47. The Kier molecular flexibility index (Phi) is 2.24. The Labute approximate surface area is 71.1 Å². The molecule has 12 heavy (non-hydrogen) atoms. The molecule has 0 unspecified atom stereocenters. The smallest absolute Gasteiger partial charge is 0.185 e. The molecule has 1 heterocycles. The van der Waals surface area contributed by atoms with Crippen LogP contribution in [0.3, 0.4) is 0 Å². The fraction of sp³-hybridized carbons (Fsp3) is 0.375. The van der Waals surface area contributed by atoms with E-state index in [2.05, 4.69) is 16.9 Å². The summed E-state index contributed by atoms with van der Waals surface area (Å²) in [5.74, 6) is 0. The molecule has 4 heteroatoms. The third-order valence-corrected chi connectivity index (χ3v) is 1.51. The largest absolute Gasteiger partial charge is 0.244 e. The lowest BCUT2D eigenvalue weighted by molar-refractivity contribution is 0.627. The highest BCUT2D eigenvalue weighted by molar-refractivity contribution is 5.23. The van der Waals surface area contributed by atoms with Gasteiger partial charge >= 0.3 is 0 Å². The van der Waals surface area contributed by atoms with Crippen LogP contribution >= 0.6 is 0 Å². The molecule has 0 bridgehead atoms. The van der Waals surface area contributed by atoms with E-state index in [1.807, 2.05) is 19.9 Å². The fourth-order valence-corrected chi connectivity index (χ4v) is 0.870. The monoisotopic (exact) mass is 162 g/mol. The Morgan fingerprint density at radius 2 is 2.42 bits per heavy atom. The highest BCUT2D eigenvalue weighted by Gasteiger charge is 2.06. The highest BCUT2D eigenvalue weighted by Crippen LogP contribution is 2.03. The second-order valence-electron chi connectivity index (χ2n) is 2.75. The van der Waals surface area contributed by atoms with Crippen LogP contribution in [0.2, 0.25) is 0 Å². The molecular formula is C8H10N4. The number of nitriles is 1. The number of hydrogen-bond donors (Lipinski definition) is 0. The van der Waals surface area contributed by atoms with Crippen LogP contribution in [-0.4, -0.2) is 15.0 Å². The Morgan fingerprint density at radius 3 is 2.83 bits per heavy atom. The van der Waals surface area contributed by atoms with Crippen molar-refractivity contribution in [3.05, 3.63) is 23.5 Å². The lowest BCUT2D eigenvalue weighted by Gasteiger charge is -2.00. The molecule has 1 rings (SSSR count). The molecule has 62 valence electrons. The standard InChI is InChI=1S/C8H10N4/c1-6(2)5-12-7(3)8(4-9)10-11-12/h1,5H2,2-3H3. The van der Waals surface area contributed by atoms with Crippen LogP contribution in [-0.2, 0) is 6.54 Å². The minimum atomic E-state index is 0.385. The summed E-state index contributed by atoms with van der Waals surface area (Å²) in [6, 6.07) is 1.96. The zero-order chi connectivity index (χ0) is 9.14. The minimum absolute atomic E-state index is 0.385. The fourth-order valence-electron chi connectivity index (χ4n) is 0.870. The van der Waals surface area contributed by atoms with Crippen molar-refractivity contribution in [1.82, 2.24) is 15.0 Å². The summed E-state index contributed by atoms with van der Waals surface area (Å²) in [5.41, 5.74) is 2.17. The van der Waals surface area contributed by atoms with Crippen LogP contribution in [0.4, 0.5) is 0 Å². The van der Waals surface area contributed by atoms with Gasteiger partial charge in [-0.2, -0.15) is 5.26 Å². The molecular weight excluding hydrogens is 152 g/mol. The van der Waals surface area contributed by atoms with Gasteiger partial charge in [-0.1, -0.05) is 17.4 Å². The van der Waals surface area contributed by atoms with Gasteiger partial charge in [0.05, 0.1) is 12.2 Å². The van der Waals surface area contributed by atoms with E-state index < -0.39 is 0 Å². The van der Waals surface area contributed by atoms with E-state index in [0.717, 1.165) is 11.3 Å². The molecule has 0 aromatic carbocycles. The molecule has 0 aliphatic carbocycles. The van der Waals surface area contributed by atoms with E-state index >= 15 is 0 Å². The minimum Gasteiger partial charge on any atom is -0.244 e. The van der Waals surface area contributed by atoms with Crippen LogP contribution in [0, 0.1) is 18.3 Å². The Morgan fingerprint density at radius 1 is 1.75 bits per heavy atom. The molecule has 0 aliphatic rings. The van der Waals surface area contributed by atoms with Crippen LogP contribution in [0.5, 0.6) is 0 Å². The van der Waals surface area contributed by atoms with Crippen molar-refractivity contribution in [2.75, 3.05) is 0 Å². The maximum atomic E-state index is 8.58. The van der Waals surface area contributed by atoms with E-state index in [9.17, 15) is 0 Å². The maximum absolute atomic E-state index is 8.58. The molecule has 0 N–H and O–H groups in total. The van der Waals surface area contributed by atoms with Crippen molar-refractivity contribution in [3.63, 3.8) is 0 Å². The SMILES string of the molecule is C=C(C)Cn1nnc(C#N)c1C. The third-order valence-electron chi connectivity index (χ3n) is 1.51. The Hall–Kier alpha value is -1.63. The number of allylic oxidation sites excluding steroid dienone is 1. The van der Waals surface area contributed by atoms with Gasteiger partial charge < -0.3 is 0 Å². The van der Waals surface area contributed by atoms with Crippen molar-refractivity contribution in [1.29, 1.82) is 5.26 Å². The predicted molar refractivity (Wildman–Crippen MR) is 44.3 cm³/mol. The summed E-state index contributed by atoms with van der Waals surface area (Å²) in [6.45, 7) is 8.11. The highest BCUT2D eigenvalue weighted by atomic mass is 15.4. The van der Waals surface area contributed by atoms with E-state index in [1.165, 1.54) is 0 Å². The summed E-state index contributed by atoms with van der Waals surface area (Å²) in [6.07, 6.45) is 0. The van der Waals surface area contributed by atoms with Crippen molar-refractivity contribution in [2.24, 2.45) is 0 Å². The summed E-state index contributed by atoms with van der Waals surface area (Å²) < 4.78 is 1.67. The van der Waals surface area contributed by atoms with Crippen molar-refractivity contribution < 1.29 is 0 Å². The molecule has 4 nitrogen and oxygen atoms in total. The molecule has 0 fully saturated rings. The van der Waals surface area contributed by atoms with E-state index in [0.29, 0.717) is 12.2 Å². The van der Waals surface area contributed by atoms with Gasteiger partial charge in [-0.05, 0) is 13.8 Å². The van der Waals surface area contributed by atoms with E-state index in [1.54, 1.807) is 4.68 Å². The normalized spacial score (nSPS) is 9.42. The van der Waals surface area contributed by atoms with Gasteiger partial charge in [-0.25, -0.2) is 4.68 Å². The lowest BCUT2D eigenvalue weighted by Crippen LogP contribution is -2.02.